The minimum atomic E-state index is -3.90. The molecule has 2 N–H and O–H groups in total. The van der Waals surface area contributed by atoms with Crippen molar-refractivity contribution in [2.45, 2.75) is 45.6 Å². The normalized spacial score (nSPS) is 14.3. The van der Waals surface area contributed by atoms with E-state index in [1.165, 1.54) is 33.5 Å². The Morgan fingerprint density at radius 2 is 1.43 bits per heavy atom. The second kappa shape index (κ2) is 17.7. The average molecular weight is 655 g/mol. The van der Waals surface area contributed by atoms with Crippen molar-refractivity contribution in [2.24, 2.45) is 0 Å². The van der Waals surface area contributed by atoms with Crippen LogP contribution in [0.1, 0.15) is 36.8 Å². The van der Waals surface area contributed by atoms with Crippen LogP contribution in [0.4, 0.5) is 29.3 Å². The minimum Gasteiger partial charge on any atom is -0.493 e. The van der Waals surface area contributed by atoms with Gasteiger partial charge in [0.2, 0.25) is 11.7 Å². The van der Waals surface area contributed by atoms with E-state index in [9.17, 15) is 22.8 Å². The number of hydrogen-bond donors (Lipinski definition) is 2. The summed E-state index contributed by atoms with van der Waals surface area (Å²) in [7, 11) is 4.50. The summed E-state index contributed by atoms with van der Waals surface area (Å²) in [5.41, 5.74) is 2.10. The molecule has 1 fully saturated rings. The fraction of sp³-hybridized carbons (Fsp3) is 0.562. The molecule has 0 saturated carbocycles. The molecule has 2 aromatic carbocycles. The van der Waals surface area contributed by atoms with Gasteiger partial charge in [-0.25, -0.2) is 9.18 Å². The summed E-state index contributed by atoms with van der Waals surface area (Å²) in [5.74, 6) is 0.946. The first kappa shape index (κ1) is 36.6. The predicted molar refractivity (Wildman–Crippen MR) is 169 cm³/mol. The van der Waals surface area contributed by atoms with Gasteiger partial charge in [0, 0.05) is 43.9 Å². The lowest BCUT2D eigenvalue weighted by atomic mass is 10.1. The topological polar surface area (TPSA) is 111 Å². The number of hydrogen-bond acceptors (Lipinski definition) is 9. The van der Waals surface area contributed by atoms with Crippen LogP contribution in [0.2, 0.25) is 0 Å². The van der Waals surface area contributed by atoms with Crippen LogP contribution in [-0.2, 0) is 9.53 Å². The molecule has 1 heterocycles. The third-order valence-electron chi connectivity index (χ3n) is 7.52. The van der Waals surface area contributed by atoms with Gasteiger partial charge in [-0.1, -0.05) is 0 Å². The first-order valence-corrected chi connectivity index (χ1v) is 15.2. The van der Waals surface area contributed by atoms with Crippen molar-refractivity contribution in [2.75, 3.05) is 84.5 Å². The zero-order valence-corrected chi connectivity index (χ0v) is 27.2. The summed E-state index contributed by atoms with van der Waals surface area (Å²) in [5, 5.41) is 5.55. The Bertz CT molecular complexity index is 1270. The maximum atomic E-state index is 13.3. The summed E-state index contributed by atoms with van der Waals surface area (Å²) in [4.78, 5) is 29.6. The number of nitrogens with zero attached hydrogens (tertiary/aromatic N) is 2. The summed E-state index contributed by atoms with van der Waals surface area (Å²) < 4.78 is 64.7. The van der Waals surface area contributed by atoms with Gasteiger partial charge >= 0.3 is 12.2 Å². The molecule has 0 aliphatic carbocycles. The molecule has 11 nitrogen and oxygen atoms in total. The van der Waals surface area contributed by atoms with Gasteiger partial charge in [-0.2, -0.15) is 8.78 Å². The highest BCUT2D eigenvalue weighted by molar-refractivity contribution is 5.92. The quantitative estimate of drug-likeness (QED) is 0.223. The molecular weight excluding hydrogens is 609 g/mol. The first-order valence-electron chi connectivity index (χ1n) is 15.2. The highest BCUT2D eigenvalue weighted by atomic mass is 19.3. The van der Waals surface area contributed by atoms with Crippen molar-refractivity contribution in [1.29, 1.82) is 0 Å². The molecule has 1 saturated heterocycles. The Kier molecular flexibility index (Phi) is 14.1. The van der Waals surface area contributed by atoms with Gasteiger partial charge in [-0.15, -0.1) is 0 Å². The molecule has 1 aliphatic rings. The predicted octanol–water partition coefficient (Wildman–Crippen LogP) is 5.64. The zero-order chi connectivity index (χ0) is 33.7. The molecule has 2 aromatic rings. The van der Waals surface area contributed by atoms with Gasteiger partial charge < -0.3 is 38.8 Å². The molecule has 14 heteroatoms. The van der Waals surface area contributed by atoms with E-state index in [-0.39, 0.29) is 18.3 Å². The third kappa shape index (κ3) is 11.2. The van der Waals surface area contributed by atoms with Crippen LogP contribution in [0.25, 0.3) is 0 Å². The Hall–Kier alpha value is -3.91. The van der Waals surface area contributed by atoms with E-state index in [0.717, 1.165) is 45.7 Å². The van der Waals surface area contributed by atoms with Crippen molar-refractivity contribution >= 4 is 23.4 Å². The molecule has 0 atom stereocenters. The number of carbonyl (C=O) groups excluding carboxylic acids is 2. The molecule has 1 aliphatic heterocycles. The van der Waals surface area contributed by atoms with Crippen LogP contribution in [0.3, 0.4) is 0 Å². The van der Waals surface area contributed by atoms with Gasteiger partial charge in [0.05, 0.1) is 33.6 Å². The number of halogens is 3. The number of methoxy groups -OCH3 is 3. The number of benzene rings is 2. The van der Waals surface area contributed by atoms with Crippen LogP contribution in [0.5, 0.6) is 23.0 Å². The zero-order valence-electron chi connectivity index (χ0n) is 27.2. The average Bonchev–Trinajstić information content (AvgIpc) is 3.25. The van der Waals surface area contributed by atoms with E-state index in [0.29, 0.717) is 59.0 Å². The van der Waals surface area contributed by atoms with E-state index < -0.39 is 18.9 Å². The van der Waals surface area contributed by atoms with Crippen LogP contribution in [0, 0.1) is 13.8 Å². The van der Waals surface area contributed by atoms with E-state index in [1.807, 2.05) is 0 Å². The Morgan fingerprint density at radius 3 is 1.98 bits per heavy atom. The number of anilines is 2. The van der Waals surface area contributed by atoms with Crippen LogP contribution in [0.15, 0.2) is 24.3 Å². The maximum absolute atomic E-state index is 13.3. The molecular formula is C32H45F3N4O7. The molecule has 3 rings (SSSR count). The van der Waals surface area contributed by atoms with Crippen LogP contribution in [-0.4, -0.2) is 102 Å². The summed E-state index contributed by atoms with van der Waals surface area (Å²) in [6.45, 7) is 6.86. The molecule has 256 valence electrons. The minimum absolute atomic E-state index is 0.156. The van der Waals surface area contributed by atoms with Gasteiger partial charge in [-0.05, 0) is 76.0 Å². The van der Waals surface area contributed by atoms with Crippen molar-refractivity contribution in [3.8, 4) is 23.0 Å². The number of alkyl halides is 3. The number of nitrogens with one attached hydrogen (secondary N) is 2. The number of ether oxygens (including phenoxy) is 5. The lowest BCUT2D eigenvalue weighted by molar-refractivity contribution is -0.186. The number of carbonyl (C=O) groups is 2. The highest BCUT2D eigenvalue weighted by Crippen LogP contribution is 2.40. The van der Waals surface area contributed by atoms with Gasteiger partial charge in [0.1, 0.15) is 5.75 Å². The largest absolute Gasteiger partial charge is 0.493 e. The Balaban J connectivity index is 1.34. The summed E-state index contributed by atoms with van der Waals surface area (Å²) in [6.07, 6.45) is -1.81. The molecule has 0 bridgehead atoms. The molecule has 2 amide bonds. The van der Waals surface area contributed by atoms with Crippen molar-refractivity contribution in [3.63, 3.8) is 0 Å². The fourth-order valence-corrected chi connectivity index (χ4v) is 5.28. The van der Waals surface area contributed by atoms with Crippen LogP contribution >= 0.6 is 0 Å². The second-order valence-corrected chi connectivity index (χ2v) is 11.0. The number of amides is 2. The molecule has 0 radical (unpaired) electrons. The van der Waals surface area contributed by atoms with E-state index in [1.54, 1.807) is 26.0 Å². The SMILES string of the molecule is COc1cc(NC(=O)OCCCN2CCCN(CCCC(=O)Nc3c(C)cc(OC(F)(F)CF)cc3C)CC2)cc(OC)c1OC. The number of rotatable bonds is 16. The van der Waals surface area contributed by atoms with Crippen molar-refractivity contribution in [1.82, 2.24) is 9.80 Å². The number of aryl methyl sites for hydroxylation is 2. The summed E-state index contributed by atoms with van der Waals surface area (Å²) in [6, 6.07) is 5.96. The third-order valence-corrected chi connectivity index (χ3v) is 7.52. The Morgan fingerprint density at radius 1 is 0.848 bits per heavy atom. The van der Waals surface area contributed by atoms with E-state index >= 15 is 0 Å². The highest BCUT2D eigenvalue weighted by Gasteiger charge is 2.32. The lowest BCUT2D eigenvalue weighted by Gasteiger charge is -2.22. The smallest absolute Gasteiger partial charge is 0.427 e. The molecule has 0 unspecified atom stereocenters. The van der Waals surface area contributed by atoms with Crippen molar-refractivity contribution < 1.29 is 46.4 Å². The molecule has 0 aromatic heterocycles. The van der Waals surface area contributed by atoms with E-state index in [2.05, 4.69) is 25.2 Å². The van der Waals surface area contributed by atoms with Crippen LogP contribution < -0.4 is 29.6 Å². The van der Waals surface area contributed by atoms with E-state index in [4.69, 9.17) is 18.9 Å². The van der Waals surface area contributed by atoms with Gasteiger partial charge in [0.25, 0.3) is 0 Å². The maximum Gasteiger partial charge on any atom is 0.427 e. The second-order valence-electron chi connectivity index (χ2n) is 11.0. The van der Waals surface area contributed by atoms with Gasteiger partial charge in [0.15, 0.2) is 18.2 Å². The first-order chi connectivity index (χ1) is 22.0. The fourth-order valence-electron chi connectivity index (χ4n) is 5.28. The standard InChI is InChI=1S/C32H45F3N4O7/c1-22-17-25(46-32(34,35)21-33)18-23(2)29(22)37-28(40)9-6-10-38-11-7-12-39(15-14-38)13-8-16-45-31(41)36-24-19-26(42-3)30(44-5)27(20-24)43-4/h17-20H,6-16,21H2,1-5H3,(H,36,41)(H,37,40). The monoisotopic (exact) mass is 654 g/mol. The molecule has 46 heavy (non-hydrogen) atoms. The lowest BCUT2D eigenvalue weighted by Crippen LogP contribution is -2.32. The summed E-state index contributed by atoms with van der Waals surface area (Å²) >= 11 is 0. The molecule has 0 spiro atoms. The van der Waals surface area contributed by atoms with Crippen molar-refractivity contribution in [3.05, 3.63) is 35.4 Å². The Labute approximate surface area is 268 Å². The van der Waals surface area contributed by atoms with Gasteiger partial charge in [-0.3, -0.25) is 10.1 Å².